The van der Waals surface area contributed by atoms with Gasteiger partial charge in [-0.3, -0.25) is 0 Å². The van der Waals surface area contributed by atoms with Crippen LogP contribution in [0.3, 0.4) is 0 Å². The maximum Gasteiger partial charge on any atom is 0.196 e. The Hall–Kier alpha value is -0.980. The van der Waals surface area contributed by atoms with Crippen molar-refractivity contribution in [1.82, 2.24) is 10.6 Å². The minimum absolute atomic E-state index is 0.117. The monoisotopic (exact) mass is 243 g/mol. The molecule has 16 heavy (non-hydrogen) atoms. The van der Waals surface area contributed by atoms with E-state index in [9.17, 15) is 12.8 Å². The van der Waals surface area contributed by atoms with Gasteiger partial charge in [0, 0.05) is 19.6 Å². The molecule has 0 aliphatic carbocycles. The van der Waals surface area contributed by atoms with E-state index in [0.29, 0.717) is 19.6 Å². The molecule has 0 saturated carbocycles. The maximum atomic E-state index is 12.7. The SMILES string of the molecule is O=S(=O)(c1ccc(F)cc1)C1CNCC[N]1. The summed E-state index contributed by atoms with van der Waals surface area (Å²) in [4.78, 5) is 0.117. The zero-order valence-corrected chi connectivity index (χ0v) is 9.37. The van der Waals surface area contributed by atoms with Crippen molar-refractivity contribution in [2.24, 2.45) is 0 Å². The van der Waals surface area contributed by atoms with E-state index in [1.54, 1.807) is 0 Å². The van der Waals surface area contributed by atoms with Gasteiger partial charge in [0.1, 0.15) is 11.2 Å². The van der Waals surface area contributed by atoms with Crippen molar-refractivity contribution in [3.63, 3.8) is 0 Å². The van der Waals surface area contributed by atoms with Gasteiger partial charge in [-0.1, -0.05) is 0 Å². The molecule has 6 heteroatoms. The predicted octanol–water partition coefficient (Wildman–Crippen LogP) is 0.133. The Bertz CT molecular complexity index is 452. The first kappa shape index (κ1) is 11.5. The van der Waals surface area contributed by atoms with E-state index in [1.807, 2.05) is 0 Å². The van der Waals surface area contributed by atoms with E-state index in [1.165, 1.54) is 12.1 Å². The molecule has 1 saturated heterocycles. The molecule has 0 bridgehead atoms. The molecule has 1 aliphatic heterocycles. The molecule has 1 aromatic rings. The van der Waals surface area contributed by atoms with Crippen LogP contribution in [0.5, 0.6) is 0 Å². The first-order chi connectivity index (χ1) is 7.60. The lowest BCUT2D eigenvalue weighted by molar-refractivity contribution is 0.467. The second kappa shape index (κ2) is 4.48. The number of nitrogens with zero attached hydrogens (tertiary/aromatic N) is 1. The number of hydrogen-bond acceptors (Lipinski definition) is 3. The zero-order valence-electron chi connectivity index (χ0n) is 8.56. The molecule has 0 aromatic heterocycles. The van der Waals surface area contributed by atoms with Crippen molar-refractivity contribution in [3.05, 3.63) is 30.1 Å². The molecule has 0 spiro atoms. The lowest BCUT2D eigenvalue weighted by atomic mass is 10.3. The van der Waals surface area contributed by atoms with Gasteiger partial charge >= 0.3 is 0 Å². The number of nitrogens with one attached hydrogen (secondary N) is 1. The largest absolute Gasteiger partial charge is 0.313 e. The summed E-state index contributed by atoms with van der Waals surface area (Å²) in [7, 11) is -3.47. The highest BCUT2D eigenvalue weighted by molar-refractivity contribution is 7.92. The van der Waals surface area contributed by atoms with Crippen LogP contribution in [0.4, 0.5) is 4.39 Å². The lowest BCUT2D eigenvalue weighted by Gasteiger charge is -2.22. The lowest BCUT2D eigenvalue weighted by Crippen LogP contribution is -2.48. The van der Waals surface area contributed by atoms with Crippen LogP contribution < -0.4 is 10.6 Å². The molecule has 1 N–H and O–H groups in total. The van der Waals surface area contributed by atoms with Gasteiger partial charge in [-0.05, 0) is 24.3 Å². The van der Waals surface area contributed by atoms with E-state index < -0.39 is 21.0 Å². The first-order valence-corrected chi connectivity index (χ1v) is 6.52. The van der Waals surface area contributed by atoms with Gasteiger partial charge in [0.15, 0.2) is 9.84 Å². The van der Waals surface area contributed by atoms with Crippen LogP contribution in [0.1, 0.15) is 0 Å². The third-order valence-electron chi connectivity index (χ3n) is 2.44. The molecule has 87 valence electrons. The number of halogens is 1. The molecule has 1 aliphatic rings. The Balaban J connectivity index is 2.27. The van der Waals surface area contributed by atoms with Crippen molar-refractivity contribution < 1.29 is 12.8 Å². The molecule has 1 atom stereocenters. The topological polar surface area (TPSA) is 60.3 Å². The average molecular weight is 243 g/mol. The standard InChI is InChI=1S/C10H12FN2O2S/c11-8-1-3-9(4-2-8)16(14,15)10-7-12-5-6-13-10/h1-4,10,12H,5-7H2. The van der Waals surface area contributed by atoms with E-state index in [0.717, 1.165) is 12.1 Å². The third kappa shape index (κ3) is 2.23. The zero-order chi connectivity index (χ0) is 11.6. The van der Waals surface area contributed by atoms with Crippen molar-refractivity contribution in [2.75, 3.05) is 19.6 Å². The summed E-state index contributed by atoms with van der Waals surface area (Å²) in [6.07, 6.45) is 0. The van der Waals surface area contributed by atoms with E-state index >= 15 is 0 Å². The summed E-state index contributed by atoms with van der Waals surface area (Å²) in [6, 6.07) is 4.83. The minimum Gasteiger partial charge on any atom is -0.313 e. The van der Waals surface area contributed by atoms with Crippen molar-refractivity contribution in [1.29, 1.82) is 0 Å². The van der Waals surface area contributed by atoms with Crippen LogP contribution in [0, 0.1) is 5.82 Å². The van der Waals surface area contributed by atoms with Crippen LogP contribution in [0.2, 0.25) is 0 Å². The summed E-state index contributed by atoms with van der Waals surface area (Å²) >= 11 is 0. The highest BCUT2D eigenvalue weighted by atomic mass is 32.2. The Morgan fingerprint density at radius 3 is 2.56 bits per heavy atom. The van der Waals surface area contributed by atoms with Crippen LogP contribution >= 0.6 is 0 Å². The summed E-state index contributed by atoms with van der Waals surface area (Å²) in [6.45, 7) is 1.51. The van der Waals surface area contributed by atoms with Crippen LogP contribution in [-0.2, 0) is 9.84 Å². The molecule has 2 rings (SSSR count). The van der Waals surface area contributed by atoms with Gasteiger partial charge in [0.05, 0.1) is 4.90 Å². The molecule has 0 amide bonds. The quantitative estimate of drug-likeness (QED) is 0.751. The van der Waals surface area contributed by atoms with Crippen LogP contribution in [-0.4, -0.2) is 33.4 Å². The fraction of sp³-hybridized carbons (Fsp3) is 0.400. The van der Waals surface area contributed by atoms with E-state index in [4.69, 9.17) is 0 Å². The van der Waals surface area contributed by atoms with Crippen LogP contribution in [0.15, 0.2) is 29.2 Å². The first-order valence-electron chi connectivity index (χ1n) is 4.97. The number of piperazine rings is 1. The summed E-state index contributed by atoms with van der Waals surface area (Å²) in [5.41, 5.74) is 0. The normalized spacial score (nSPS) is 21.9. The second-order valence-corrected chi connectivity index (χ2v) is 5.67. The predicted molar refractivity (Wildman–Crippen MR) is 57.2 cm³/mol. The maximum absolute atomic E-state index is 12.7. The number of benzene rings is 1. The molecule has 1 heterocycles. The Morgan fingerprint density at radius 1 is 1.31 bits per heavy atom. The molecule has 4 nitrogen and oxygen atoms in total. The highest BCUT2D eigenvalue weighted by Crippen LogP contribution is 2.16. The van der Waals surface area contributed by atoms with Gasteiger partial charge in [-0.2, -0.15) is 0 Å². The van der Waals surface area contributed by atoms with Crippen molar-refractivity contribution >= 4 is 9.84 Å². The molecule has 1 aromatic carbocycles. The van der Waals surface area contributed by atoms with Gasteiger partial charge in [0.25, 0.3) is 0 Å². The Morgan fingerprint density at radius 2 is 2.00 bits per heavy atom. The fourth-order valence-corrected chi connectivity index (χ4v) is 3.04. The van der Waals surface area contributed by atoms with Crippen molar-refractivity contribution in [3.8, 4) is 0 Å². The van der Waals surface area contributed by atoms with Crippen LogP contribution in [0.25, 0.3) is 0 Å². The third-order valence-corrected chi connectivity index (χ3v) is 4.40. The van der Waals surface area contributed by atoms with E-state index in [-0.39, 0.29) is 4.90 Å². The number of hydrogen-bond donors (Lipinski definition) is 1. The molecular weight excluding hydrogens is 231 g/mol. The minimum atomic E-state index is -3.47. The summed E-state index contributed by atoms with van der Waals surface area (Å²) < 4.78 is 36.8. The Kier molecular flexibility index (Phi) is 3.22. The summed E-state index contributed by atoms with van der Waals surface area (Å²) in [5.74, 6) is -0.447. The molecular formula is C10H12FN2O2S. The fourth-order valence-electron chi connectivity index (χ4n) is 1.57. The van der Waals surface area contributed by atoms with Gasteiger partial charge in [-0.25, -0.2) is 18.1 Å². The van der Waals surface area contributed by atoms with Gasteiger partial charge in [0.2, 0.25) is 0 Å². The summed E-state index contributed by atoms with van der Waals surface area (Å²) in [5, 5.41) is 6.27. The van der Waals surface area contributed by atoms with Gasteiger partial charge < -0.3 is 5.32 Å². The average Bonchev–Trinajstić information content (AvgIpc) is 2.31. The Labute approximate surface area is 93.8 Å². The highest BCUT2D eigenvalue weighted by Gasteiger charge is 2.29. The smallest absolute Gasteiger partial charge is 0.196 e. The number of rotatable bonds is 2. The molecule has 1 fully saturated rings. The van der Waals surface area contributed by atoms with E-state index in [2.05, 4.69) is 10.6 Å². The number of sulfone groups is 1. The second-order valence-electron chi connectivity index (χ2n) is 3.56. The van der Waals surface area contributed by atoms with Crippen molar-refractivity contribution in [2.45, 2.75) is 10.3 Å². The molecule has 1 unspecified atom stereocenters. The van der Waals surface area contributed by atoms with Gasteiger partial charge in [-0.15, -0.1) is 0 Å². The molecule has 1 radical (unpaired) electrons.